The molecule has 37 heavy (non-hydrogen) atoms. The summed E-state index contributed by atoms with van der Waals surface area (Å²) in [6, 6.07) is 9.27. The van der Waals surface area contributed by atoms with Gasteiger partial charge in [-0.25, -0.2) is 14.6 Å². The highest BCUT2D eigenvalue weighted by atomic mass is 32.1. The van der Waals surface area contributed by atoms with Gasteiger partial charge in [0.2, 0.25) is 0 Å². The lowest BCUT2D eigenvalue weighted by Gasteiger charge is -2.40. The minimum Gasteiger partial charge on any atom is -0.480 e. The third-order valence-electron chi connectivity index (χ3n) is 5.77. The van der Waals surface area contributed by atoms with Crippen LogP contribution in [0.5, 0.6) is 0 Å². The number of rotatable bonds is 7. The van der Waals surface area contributed by atoms with Crippen LogP contribution in [0, 0.1) is 0 Å². The summed E-state index contributed by atoms with van der Waals surface area (Å²) in [6.45, 7) is 5.89. The number of amides is 2. The average Bonchev–Trinajstić information content (AvgIpc) is 3.51. The van der Waals surface area contributed by atoms with E-state index in [1.165, 1.54) is 11.3 Å². The first-order valence-corrected chi connectivity index (χ1v) is 13.5. The van der Waals surface area contributed by atoms with Crippen LogP contribution in [0.1, 0.15) is 44.1 Å². The fraction of sp³-hybridized carbons (Fsp3) is 0.360. The normalized spacial score (nSPS) is 15.1. The van der Waals surface area contributed by atoms with E-state index < -0.39 is 23.2 Å². The fourth-order valence-corrected chi connectivity index (χ4v) is 5.26. The predicted octanol–water partition coefficient (Wildman–Crippen LogP) is 5.15. The number of carbonyl (C=O) groups excluding carboxylic acids is 2. The Morgan fingerprint density at radius 2 is 1.84 bits per heavy atom. The molecule has 1 saturated heterocycles. The molecular weight excluding hydrogens is 514 g/mol. The summed E-state index contributed by atoms with van der Waals surface area (Å²) in [5.41, 5.74) is 0.404. The van der Waals surface area contributed by atoms with Crippen LogP contribution in [0.2, 0.25) is 0 Å². The van der Waals surface area contributed by atoms with Crippen LogP contribution in [0.4, 0.5) is 27.0 Å². The van der Waals surface area contributed by atoms with Crippen LogP contribution in [0.25, 0.3) is 0 Å². The first kappa shape index (κ1) is 26.4. The lowest BCUT2D eigenvalue weighted by molar-refractivity contribution is -0.145. The van der Waals surface area contributed by atoms with Gasteiger partial charge in [-0.05, 0) is 57.2 Å². The number of nitrogens with zero attached hydrogens (tertiary/aromatic N) is 2. The van der Waals surface area contributed by atoms with E-state index in [0.29, 0.717) is 29.6 Å². The summed E-state index contributed by atoms with van der Waals surface area (Å²) < 4.78 is 5.28. The fourth-order valence-electron chi connectivity index (χ4n) is 3.96. The van der Waals surface area contributed by atoms with Gasteiger partial charge in [-0.3, -0.25) is 4.79 Å². The molecule has 196 valence electrons. The zero-order valence-electron chi connectivity index (χ0n) is 20.7. The number of alkyl carbamates (subject to hydrolysis) is 1. The van der Waals surface area contributed by atoms with Crippen LogP contribution >= 0.6 is 22.7 Å². The minimum atomic E-state index is -1.43. The summed E-state index contributed by atoms with van der Waals surface area (Å²) in [6.07, 6.45) is -0.409. The lowest BCUT2D eigenvalue weighted by atomic mass is 9.87. The van der Waals surface area contributed by atoms with Crippen molar-refractivity contribution < 1.29 is 24.2 Å². The first-order chi connectivity index (χ1) is 17.5. The van der Waals surface area contributed by atoms with Gasteiger partial charge in [-0.15, -0.1) is 11.3 Å². The quantitative estimate of drug-likeness (QED) is 0.322. The Kier molecular flexibility index (Phi) is 7.69. The number of carboxylic acid groups (broad SMARTS) is 1. The number of hydrogen-bond donors (Lipinski definition) is 4. The summed E-state index contributed by atoms with van der Waals surface area (Å²) in [4.78, 5) is 43.8. The molecule has 0 radical (unpaired) electrons. The maximum atomic E-state index is 12.9. The van der Waals surface area contributed by atoms with Crippen molar-refractivity contribution in [2.75, 3.05) is 28.6 Å². The van der Waals surface area contributed by atoms with Crippen molar-refractivity contribution in [3.8, 4) is 0 Å². The molecule has 0 aliphatic carbocycles. The number of thiazole rings is 1. The van der Waals surface area contributed by atoms with Crippen molar-refractivity contribution in [2.24, 2.45) is 0 Å². The van der Waals surface area contributed by atoms with E-state index in [-0.39, 0.29) is 18.7 Å². The molecule has 0 saturated carbocycles. The molecule has 1 aliphatic heterocycles. The largest absolute Gasteiger partial charge is 0.480 e. The molecule has 12 heteroatoms. The lowest BCUT2D eigenvalue weighted by Crippen LogP contribution is -2.60. The molecule has 4 rings (SSSR count). The van der Waals surface area contributed by atoms with Crippen molar-refractivity contribution in [2.45, 2.75) is 44.8 Å². The molecule has 2 aromatic heterocycles. The van der Waals surface area contributed by atoms with Crippen LogP contribution in [0.3, 0.4) is 0 Å². The summed E-state index contributed by atoms with van der Waals surface area (Å²) in [7, 11) is 0. The Morgan fingerprint density at radius 3 is 2.49 bits per heavy atom. The Morgan fingerprint density at radius 1 is 1.11 bits per heavy atom. The van der Waals surface area contributed by atoms with Crippen molar-refractivity contribution in [3.05, 3.63) is 52.2 Å². The molecule has 0 unspecified atom stereocenters. The second kappa shape index (κ2) is 10.8. The number of piperidine rings is 1. The van der Waals surface area contributed by atoms with Gasteiger partial charge in [0, 0.05) is 23.8 Å². The van der Waals surface area contributed by atoms with Gasteiger partial charge in [-0.1, -0.05) is 12.1 Å². The number of aromatic nitrogens is 1. The molecule has 3 aromatic rings. The molecule has 1 fully saturated rings. The molecule has 0 spiro atoms. The number of anilines is 4. The Hall–Kier alpha value is -3.64. The Balaban J connectivity index is 1.42. The topological polar surface area (TPSA) is 133 Å². The number of nitrogens with one attached hydrogen (secondary N) is 3. The predicted molar refractivity (Wildman–Crippen MR) is 145 cm³/mol. The molecule has 0 bridgehead atoms. The molecule has 3 heterocycles. The Bertz CT molecular complexity index is 1260. The molecular formula is C25H29N5O5S2. The van der Waals surface area contributed by atoms with Gasteiger partial charge in [-0.2, -0.15) is 11.3 Å². The summed E-state index contributed by atoms with van der Waals surface area (Å²) in [5.74, 6) is -1.44. The molecule has 1 aliphatic rings. The van der Waals surface area contributed by atoms with Gasteiger partial charge < -0.3 is 30.7 Å². The van der Waals surface area contributed by atoms with E-state index >= 15 is 0 Å². The number of hydrogen-bond acceptors (Lipinski definition) is 9. The van der Waals surface area contributed by atoms with Gasteiger partial charge in [0.15, 0.2) is 5.13 Å². The van der Waals surface area contributed by atoms with E-state index in [2.05, 4.69) is 20.9 Å². The maximum absolute atomic E-state index is 12.9. The molecule has 1 aromatic carbocycles. The number of ether oxygens (including phenoxy) is 1. The van der Waals surface area contributed by atoms with E-state index in [0.717, 1.165) is 11.4 Å². The number of carboxylic acids is 1. The van der Waals surface area contributed by atoms with Gasteiger partial charge in [0.05, 0.1) is 17.1 Å². The zero-order chi connectivity index (χ0) is 26.6. The molecule has 4 N–H and O–H groups in total. The highest BCUT2D eigenvalue weighted by Gasteiger charge is 2.44. The molecule has 2 amide bonds. The monoisotopic (exact) mass is 543 g/mol. The number of aliphatic carboxylic acids is 1. The van der Waals surface area contributed by atoms with Crippen LogP contribution in [0.15, 0.2) is 46.5 Å². The van der Waals surface area contributed by atoms with Crippen LogP contribution in [-0.2, 0) is 9.53 Å². The van der Waals surface area contributed by atoms with Gasteiger partial charge >= 0.3 is 12.1 Å². The smallest absolute Gasteiger partial charge is 0.408 e. The second-order valence-electron chi connectivity index (χ2n) is 9.65. The third-order valence-corrected chi connectivity index (χ3v) is 7.21. The first-order valence-electron chi connectivity index (χ1n) is 11.7. The van der Waals surface area contributed by atoms with Crippen LogP contribution < -0.4 is 20.9 Å². The van der Waals surface area contributed by atoms with E-state index in [9.17, 15) is 19.5 Å². The van der Waals surface area contributed by atoms with E-state index in [1.807, 2.05) is 39.9 Å². The third kappa shape index (κ3) is 6.57. The number of para-hydroxylation sites is 2. The van der Waals surface area contributed by atoms with Crippen molar-refractivity contribution in [3.63, 3.8) is 0 Å². The number of carbonyl (C=O) groups is 3. The van der Waals surface area contributed by atoms with E-state index in [1.54, 1.807) is 43.6 Å². The molecule has 10 nitrogen and oxygen atoms in total. The van der Waals surface area contributed by atoms with Gasteiger partial charge in [0.1, 0.15) is 16.8 Å². The second-order valence-corrected chi connectivity index (χ2v) is 11.3. The zero-order valence-corrected chi connectivity index (χ0v) is 22.4. The van der Waals surface area contributed by atoms with E-state index in [4.69, 9.17) is 4.74 Å². The SMILES string of the molecule is CC(C)(C)OC(=O)NC1(C(=O)O)CCN(c2ccccc2NC(=O)c2csc(Nc3ccsc3)n2)CC1. The maximum Gasteiger partial charge on any atom is 0.408 e. The standard InChI is InChI=1S/C25H29N5O5S2/c1-24(2,3)35-23(34)29-25(21(32)33)9-11-30(12-10-25)19-7-5-4-6-17(19)27-20(31)18-15-37-22(28-18)26-16-8-13-36-14-16/h4-8,13-15H,9-12H2,1-3H3,(H,26,28)(H,27,31)(H,29,34)(H,32,33). The van der Waals surface area contributed by atoms with Crippen LogP contribution in [-0.4, -0.2) is 52.3 Å². The number of thiophene rings is 1. The van der Waals surface area contributed by atoms with Gasteiger partial charge in [0.25, 0.3) is 5.91 Å². The Labute approximate surface area is 222 Å². The average molecular weight is 544 g/mol. The van der Waals surface area contributed by atoms with Crippen molar-refractivity contribution in [1.29, 1.82) is 0 Å². The number of benzene rings is 1. The minimum absolute atomic E-state index is 0.174. The van der Waals surface area contributed by atoms with Crippen molar-refractivity contribution >= 4 is 62.8 Å². The highest BCUT2D eigenvalue weighted by molar-refractivity contribution is 7.14. The summed E-state index contributed by atoms with van der Waals surface area (Å²) in [5, 5.41) is 24.8. The highest BCUT2D eigenvalue weighted by Crippen LogP contribution is 2.32. The summed E-state index contributed by atoms with van der Waals surface area (Å²) >= 11 is 2.91. The van der Waals surface area contributed by atoms with Crippen molar-refractivity contribution in [1.82, 2.24) is 10.3 Å². The molecule has 0 atom stereocenters.